The summed E-state index contributed by atoms with van der Waals surface area (Å²) in [4.78, 5) is 11.1. The third kappa shape index (κ3) is 5.75. The molecule has 1 amide bonds. The van der Waals surface area contributed by atoms with Crippen molar-refractivity contribution in [2.24, 2.45) is 0 Å². The van der Waals surface area contributed by atoms with Crippen LogP contribution in [0.15, 0.2) is 0 Å². The summed E-state index contributed by atoms with van der Waals surface area (Å²) in [5, 5.41) is 5.66. The second-order valence-electron chi connectivity index (χ2n) is 2.66. The van der Waals surface area contributed by atoms with Gasteiger partial charge in [-0.15, -0.1) is 6.42 Å². The molecule has 0 fully saturated rings. The Morgan fingerprint density at radius 2 is 2.33 bits per heavy atom. The Balaban J connectivity index is 3.41. The number of rotatable bonds is 5. The number of terminal acetylenes is 1. The van der Waals surface area contributed by atoms with Crippen molar-refractivity contribution in [1.82, 2.24) is 10.6 Å². The average Bonchev–Trinajstić information content (AvgIpc) is 2.05. The molecular weight excluding hydrogens is 152 g/mol. The monoisotopic (exact) mass is 168 g/mol. The van der Waals surface area contributed by atoms with Gasteiger partial charge in [0.15, 0.2) is 0 Å². The number of hydrogen-bond donors (Lipinski definition) is 2. The standard InChI is InChI=1S/C9H16N2O/c1-4-8(2)11-9(12)6-5-7-10-3/h1,8,10H,5-7H2,2-3H3,(H,11,12). The minimum atomic E-state index is -0.160. The van der Waals surface area contributed by atoms with Crippen LogP contribution in [-0.4, -0.2) is 25.5 Å². The fraction of sp³-hybridized carbons (Fsp3) is 0.667. The number of nitrogens with one attached hydrogen (secondary N) is 2. The maximum absolute atomic E-state index is 11.1. The number of carbonyl (C=O) groups is 1. The summed E-state index contributed by atoms with van der Waals surface area (Å²) in [6.45, 7) is 2.65. The molecule has 0 radical (unpaired) electrons. The van der Waals surface area contributed by atoms with Gasteiger partial charge >= 0.3 is 0 Å². The predicted molar refractivity (Wildman–Crippen MR) is 49.6 cm³/mol. The Hall–Kier alpha value is -1.01. The predicted octanol–water partition coefficient (Wildman–Crippen LogP) is 0.124. The number of carbonyl (C=O) groups excluding carboxylic acids is 1. The van der Waals surface area contributed by atoms with Crippen LogP contribution < -0.4 is 10.6 Å². The zero-order valence-electron chi connectivity index (χ0n) is 7.68. The first-order valence-electron chi connectivity index (χ1n) is 4.10. The van der Waals surface area contributed by atoms with E-state index in [0.29, 0.717) is 6.42 Å². The van der Waals surface area contributed by atoms with Crippen LogP contribution in [0.3, 0.4) is 0 Å². The second-order valence-corrected chi connectivity index (χ2v) is 2.66. The molecule has 0 saturated heterocycles. The molecule has 0 aromatic carbocycles. The van der Waals surface area contributed by atoms with E-state index in [1.54, 1.807) is 6.92 Å². The molecule has 0 aliphatic carbocycles. The van der Waals surface area contributed by atoms with E-state index < -0.39 is 0 Å². The molecule has 2 N–H and O–H groups in total. The topological polar surface area (TPSA) is 41.1 Å². The average molecular weight is 168 g/mol. The van der Waals surface area contributed by atoms with Crippen LogP contribution in [0, 0.1) is 12.3 Å². The molecule has 0 bridgehead atoms. The van der Waals surface area contributed by atoms with E-state index in [9.17, 15) is 4.79 Å². The highest BCUT2D eigenvalue weighted by molar-refractivity contribution is 5.76. The van der Waals surface area contributed by atoms with E-state index in [1.165, 1.54) is 0 Å². The quantitative estimate of drug-likeness (QED) is 0.452. The highest BCUT2D eigenvalue weighted by Gasteiger charge is 2.02. The van der Waals surface area contributed by atoms with E-state index in [4.69, 9.17) is 6.42 Å². The molecular formula is C9H16N2O. The maximum Gasteiger partial charge on any atom is 0.220 e. The van der Waals surface area contributed by atoms with Gasteiger partial charge in [-0.3, -0.25) is 4.79 Å². The van der Waals surface area contributed by atoms with Gasteiger partial charge in [0.05, 0.1) is 6.04 Å². The summed E-state index contributed by atoms with van der Waals surface area (Å²) in [6.07, 6.45) is 6.48. The van der Waals surface area contributed by atoms with E-state index in [2.05, 4.69) is 16.6 Å². The molecule has 1 unspecified atom stereocenters. The van der Waals surface area contributed by atoms with E-state index in [0.717, 1.165) is 13.0 Å². The Morgan fingerprint density at radius 3 is 2.83 bits per heavy atom. The molecule has 3 heteroatoms. The van der Waals surface area contributed by atoms with E-state index >= 15 is 0 Å². The summed E-state index contributed by atoms with van der Waals surface area (Å²) in [5.74, 6) is 2.46. The smallest absolute Gasteiger partial charge is 0.220 e. The lowest BCUT2D eigenvalue weighted by Crippen LogP contribution is -2.31. The number of amides is 1. The summed E-state index contributed by atoms with van der Waals surface area (Å²) in [5.41, 5.74) is 0. The van der Waals surface area contributed by atoms with Gasteiger partial charge in [0.2, 0.25) is 5.91 Å². The van der Waals surface area contributed by atoms with Gasteiger partial charge in [-0.25, -0.2) is 0 Å². The highest BCUT2D eigenvalue weighted by atomic mass is 16.1. The minimum Gasteiger partial charge on any atom is -0.343 e. The van der Waals surface area contributed by atoms with Crippen molar-refractivity contribution in [2.75, 3.05) is 13.6 Å². The fourth-order valence-electron chi connectivity index (χ4n) is 0.781. The molecule has 0 spiro atoms. The molecule has 0 aromatic rings. The molecule has 0 heterocycles. The van der Waals surface area contributed by atoms with Crippen LogP contribution in [-0.2, 0) is 4.79 Å². The van der Waals surface area contributed by atoms with Gasteiger partial charge in [0.25, 0.3) is 0 Å². The van der Waals surface area contributed by atoms with Crippen molar-refractivity contribution < 1.29 is 4.79 Å². The van der Waals surface area contributed by atoms with Crippen LogP contribution in [0.5, 0.6) is 0 Å². The lowest BCUT2D eigenvalue weighted by Gasteiger charge is -2.06. The fourth-order valence-corrected chi connectivity index (χ4v) is 0.781. The van der Waals surface area contributed by atoms with Crippen LogP contribution in [0.25, 0.3) is 0 Å². The molecule has 3 nitrogen and oxygen atoms in total. The molecule has 0 aliphatic rings. The Kier molecular flexibility index (Phi) is 6.12. The molecule has 1 atom stereocenters. The second kappa shape index (κ2) is 6.68. The summed E-state index contributed by atoms with van der Waals surface area (Å²) in [7, 11) is 1.86. The third-order valence-corrected chi connectivity index (χ3v) is 1.46. The van der Waals surface area contributed by atoms with Crippen LogP contribution in [0.4, 0.5) is 0 Å². The molecule has 0 aliphatic heterocycles. The summed E-state index contributed by atoms with van der Waals surface area (Å²) >= 11 is 0. The molecule has 0 aromatic heterocycles. The Labute approximate surface area is 73.9 Å². The van der Waals surface area contributed by atoms with Crippen molar-refractivity contribution in [3.8, 4) is 12.3 Å². The zero-order chi connectivity index (χ0) is 9.40. The summed E-state index contributed by atoms with van der Waals surface area (Å²) < 4.78 is 0. The number of hydrogen-bond acceptors (Lipinski definition) is 2. The SMILES string of the molecule is C#CC(C)NC(=O)CCCNC. The van der Waals surface area contributed by atoms with Gasteiger partial charge in [0.1, 0.15) is 0 Å². The molecule has 68 valence electrons. The largest absolute Gasteiger partial charge is 0.343 e. The normalized spacial score (nSPS) is 11.8. The molecule has 0 saturated carbocycles. The van der Waals surface area contributed by atoms with E-state index in [1.807, 2.05) is 7.05 Å². The van der Waals surface area contributed by atoms with Crippen molar-refractivity contribution in [3.05, 3.63) is 0 Å². The van der Waals surface area contributed by atoms with Crippen LogP contribution >= 0.6 is 0 Å². The first kappa shape index (κ1) is 11.0. The Morgan fingerprint density at radius 1 is 1.67 bits per heavy atom. The molecule has 12 heavy (non-hydrogen) atoms. The van der Waals surface area contributed by atoms with Gasteiger partial charge in [-0.2, -0.15) is 0 Å². The van der Waals surface area contributed by atoms with Gasteiger partial charge in [-0.1, -0.05) is 5.92 Å². The van der Waals surface area contributed by atoms with Crippen molar-refractivity contribution in [1.29, 1.82) is 0 Å². The van der Waals surface area contributed by atoms with Crippen molar-refractivity contribution >= 4 is 5.91 Å². The van der Waals surface area contributed by atoms with E-state index in [-0.39, 0.29) is 11.9 Å². The Bertz CT molecular complexity index is 172. The van der Waals surface area contributed by atoms with Crippen molar-refractivity contribution in [3.63, 3.8) is 0 Å². The van der Waals surface area contributed by atoms with Gasteiger partial charge < -0.3 is 10.6 Å². The van der Waals surface area contributed by atoms with Gasteiger partial charge in [-0.05, 0) is 26.9 Å². The van der Waals surface area contributed by atoms with Gasteiger partial charge in [0, 0.05) is 6.42 Å². The lowest BCUT2D eigenvalue weighted by atomic mass is 10.2. The highest BCUT2D eigenvalue weighted by Crippen LogP contribution is 1.88. The first-order chi connectivity index (χ1) is 5.70. The third-order valence-electron chi connectivity index (χ3n) is 1.46. The lowest BCUT2D eigenvalue weighted by molar-refractivity contribution is -0.121. The maximum atomic E-state index is 11.1. The van der Waals surface area contributed by atoms with Crippen LogP contribution in [0.1, 0.15) is 19.8 Å². The molecule has 0 rings (SSSR count). The van der Waals surface area contributed by atoms with Crippen LogP contribution in [0.2, 0.25) is 0 Å². The summed E-state index contributed by atoms with van der Waals surface area (Å²) in [6, 6.07) is -0.160. The first-order valence-corrected chi connectivity index (χ1v) is 4.10. The minimum absolute atomic E-state index is 0.0238. The zero-order valence-corrected chi connectivity index (χ0v) is 7.68. The van der Waals surface area contributed by atoms with Crippen molar-refractivity contribution in [2.45, 2.75) is 25.8 Å².